The zero-order chi connectivity index (χ0) is 19.1. The van der Waals surface area contributed by atoms with E-state index in [2.05, 4.69) is 6.92 Å². The first-order valence-electron chi connectivity index (χ1n) is 11.6. The highest BCUT2D eigenvalue weighted by atomic mass is 19.2. The van der Waals surface area contributed by atoms with Crippen LogP contribution in [0, 0.1) is 35.3 Å². The number of halogens is 2. The van der Waals surface area contributed by atoms with Crippen molar-refractivity contribution in [1.82, 2.24) is 0 Å². The molecule has 1 aromatic carbocycles. The zero-order valence-electron chi connectivity index (χ0n) is 17.2. The Bertz CT molecular complexity index is 551. The molecule has 152 valence electrons. The van der Waals surface area contributed by atoms with Gasteiger partial charge < -0.3 is 0 Å². The van der Waals surface area contributed by atoms with Gasteiger partial charge in [-0.2, -0.15) is 0 Å². The minimum Gasteiger partial charge on any atom is -0.204 e. The van der Waals surface area contributed by atoms with Crippen molar-refractivity contribution < 1.29 is 8.78 Å². The molecule has 0 radical (unpaired) electrons. The number of benzene rings is 1. The number of hydrogen-bond acceptors (Lipinski definition) is 0. The van der Waals surface area contributed by atoms with Gasteiger partial charge in [-0.1, -0.05) is 64.4 Å². The lowest BCUT2D eigenvalue weighted by molar-refractivity contribution is 0.140. The Labute approximate surface area is 165 Å². The van der Waals surface area contributed by atoms with Gasteiger partial charge in [-0.15, -0.1) is 0 Å². The van der Waals surface area contributed by atoms with Gasteiger partial charge in [0.25, 0.3) is 0 Å². The molecule has 3 rings (SSSR count). The maximum Gasteiger partial charge on any atom is 0.159 e. The van der Waals surface area contributed by atoms with Crippen molar-refractivity contribution in [1.29, 1.82) is 0 Å². The molecule has 0 heterocycles. The highest BCUT2D eigenvalue weighted by molar-refractivity contribution is 5.17. The molecule has 0 saturated heterocycles. The van der Waals surface area contributed by atoms with Gasteiger partial charge in [0.05, 0.1) is 0 Å². The molecule has 2 fully saturated rings. The van der Waals surface area contributed by atoms with Crippen molar-refractivity contribution in [3.8, 4) is 0 Å². The third kappa shape index (κ3) is 6.29. The van der Waals surface area contributed by atoms with Crippen LogP contribution < -0.4 is 0 Å². The number of rotatable bonds is 8. The Morgan fingerprint density at radius 3 is 1.89 bits per heavy atom. The van der Waals surface area contributed by atoms with E-state index in [1.54, 1.807) is 6.07 Å². The number of aryl methyl sites for hydroxylation is 1. The van der Waals surface area contributed by atoms with Crippen LogP contribution in [-0.2, 0) is 6.42 Å². The molecule has 0 aliphatic heterocycles. The summed E-state index contributed by atoms with van der Waals surface area (Å²) in [4.78, 5) is 0. The van der Waals surface area contributed by atoms with Crippen molar-refractivity contribution in [3.63, 3.8) is 0 Å². The van der Waals surface area contributed by atoms with Crippen LogP contribution in [-0.4, -0.2) is 0 Å². The van der Waals surface area contributed by atoms with Crippen LogP contribution >= 0.6 is 0 Å². The van der Waals surface area contributed by atoms with E-state index in [1.807, 2.05) is 0 Å². The minimum absolute atomic E-state index is 0.713. The molecule has 0 atom stereocenters. The van der Waals surface area contributed by atoms with E-state index in [0.717, 1.165) is 42.1 Å². The van der Waals surface area contributed by atoms with Crippen LogP contribution in [0.3, 0.4) is 0 Å². The summed E-state index contributed by atoms with van der Waals surface area (Å²) in [5.74, 6) is 2.50. The van der Waals surface area contributed by atoms with Crippen LogP contribution in [0.15, 0.2) is 18.2 Å². The van der Waals surface area contributed by atoms with E-state index >= 15 is 0 Å². The molecule has 27 heavy (non-hydrogen) atoms. The average molecular weight is 377 g/mol. The molecule has 2 saturated carbocycles. The molecular weight excluding hydrogens is 338 g/mol. The second-order valence-corrected chi connectivity index (χ2v) is 9.34. The van der Waals surface area contributed by atoms with E-state index in [0.29, 0.717) is 0 Å². The van der Waals surface area contributed by atoms with Crippen LogP contribution in [0.1, 0.15) is 96.0 Å². The summed E-state index contributed by atoms with van der Waals surface area (Å²) in [5, 5.41) is 0. The van der Waals surface area contributed by atoms with Crippen LogP contribution in [0.4, 0.5) is 8.78 Å². The fraction of sp³-hybridized carbons (Fsp3) is 0.760. The molecule has 0 spiro atoms. The van der Waals surface area contributed by atoms with E-state index in [9.17, 15) is 8.78 Å². The lowest BCUT2D eigenvalue weighted by Crippen LogP contribution is -2.25. The average Bonchev–Trinajstić information content (AvgIpc) is 2.69. The number of hydrogen-bond donors (Lipinski definition) is 0. The summed E-state index contributed by atoms with van der Waals surface area (Å²) in [7, 11) is 0. The summed E-state index contributed by atoms with van der Waals surface area (Å²) in [5.41, 5.74) is 0.927. The predicted octanol–water partition coefficient (Wildman–Crippen LogP) is 8.09. The van der Waals surface area contributed by atoms with Gasteiger partial charge in [-0.05, 0) is 79.9 Å². The molecule has 0 amide bonds. The molecule has 2 aliphatic carbocycles. The standard InChI is InChI=1S/C25H38F2/c1-2-5-19-8-13-22(14-9-19)23-15-10-20(11-16-23)6-3-4-7-21-12-17-24(26)25(27)18-21/h12,17-20,22-23H,2-11,13-16H2,1H3/t19-,20-,22-,23-. The summed E-state index contributed by atoms with van der Waals surface area (Å²) in [6, 6.07) is 4.33. The topological polar surface area (TPSA) is 0 Å². The van der Waals surface area contributed by atoms with Crippen molar-refractivity contribution in [2.24, 2.45) is 23.7 Å². The first-order chi connectivity index (χ1) is 13.2. The first kappa shape index (κ1) is 20.8. The lowest BCUT2D eigenvalue weighted by Gasteiger charge is -2.38. The van der Waals surface area contributed by atoms with Crippen molar-refractivity contribution in [3.05, 3.63) is 35.4 Å². The molecule has 1 aromatic rings. The molecule has 2 aliphatic rings. The number of unbranched alkanes of at least 4 members (excludes halogenated alkanes) is 1. The van der Waals surface area contributed by atoms with E-state index < -0.39 is 11.6 Å². The van der Waals surface area contributed by atoms with Crippen molar-refractivity contribution in [2.45, 2.75) is 96.8 Å². The highest BCUT2D eigenvalue weighted by Gasteiger charge is 2.30. The predicted molar refractivity (Wildman–Crippen MR) is 110 cm³/mol. The summed E-state index contributed by atoms with van der Waals surface area (Å²) >= 11 is 0. The molecular formula is C25H38F2. The van der Waals surface area contributed by atoms with Crippen molar-refractivity contribution >= 4 is 0 Å². The van der Waals surface area contributed by atoms with E-state index in [1.165, 1.54) is 89.2 Å². The fourth-order valence-electron chi connectivity index (χ4n) is 5.76. The smallest absolute Gasteiger partial charge is 0.159 e. The maximum atomic E-state index is 13.3. The van der Waals surface area contributed by atoms with Crippen LogP contribution in [0.5, 0.6) is 0 Å². The SMILES string of the molecule is CCC[C@H]1CC[C@H]([C@H]2CC[C@H](CCCCc3ccc(F)c(F)c3)CC2)CC1. The molecule has 0 N–H and O–H groups in total. The van der Waals surface area contributed by atoms with Crippen LogP contribution in [0.25, 0.3) is 0 Å². The third-order valence-corrected chi connectivity index (χ3v) is 7.46. The Balaban J connectivity index is 1.29. The zero-order valence-corrected chi connectivity index (χ0v) is 17.2. The van der Waals surface area contributed by atoms with Crippen molar-refractivity contribution in [2.75, 3.05) is 0 Å². The van der Waals surface area contributed by atoms with Gasteiger partial charge in [0.2, 0.25) is 0 Å². The molecule has 0 aromatic heterocycles. The highest BCUT2D eigenvalue weighted by Crippen LogP contribution is 2.43. The Morgan fingerprint density at radius 1 is 0.741 bits per heavy atom. The molecule has 0 bridgehead atoms. The van der Waals surface area contributed by atoms with Crippen LogP contribution in [0.2, 0.25) is 0 Å². The molecule has 2 heteroatoms. The Morgan fingerprint density at radius 2 is 1.33 bits per heavy atom. The normalized spacial score (nSPS) is 29.0. The van der Waals surface area contributed by atoms with Gasteiger partial charge in [0.1, 0.15) is 0 Å². The quantitative estimate of drug-likeness (QED) is 0.402. The summed E-state index contributed by atoms with van der Waals surface area (Å²) in [6.45, 7) is 2.32. The molecule has 0 nitrogen and oxygen atoms in total. The van der Waals surface area contributed by atoms with Gasteiger partial charge >= 0.3 is 0 Å². The summed E-state index contributed by atoms with van der Waals surface area (Å²) in [6.07, 6.45) is 19.0. The van der Waals surface area contributed by atoms with E-state index in [4.69, 9.17) is 0 Å². The maximum absolute atomic E-state index is 13.3. The minimum atomic E-state index is -0.741. The van der Waals surface area contributed by atoms with Gasteiger partial charge in [-0.3, -0.25) is 0 Å². The largest absolute Gasteiger partial charge is 0.204 e. The fourth-order valence-corrected chi connectivity index (χ4v) is 5.76. The monoisotopic (exact) mass is 376 g/mol. The van der Waals surface area contributed by atoms with Gasteiger partial charge in [-0.25, -0.2) is 8.78 Å². The van der Waals surface area contributed by atoms with Gasteiger partial charge in [0, 0.05) is 0 Å². The van der Waals surface area contributed by atoms with E-state index in [-0.39, 0.29) is 0 Å². The Hall–Kier alpha value is -0.920. The molecule has 0 unspecified atom stereocenters. The third-order valence-electron chi connectivity index (χ3n) is 7.46. The second kappa shape index (κ2) is 10.6. The second-order valence-electron chi connectivity index (χ2n) is 9.34. The van der Waals surface area contributed by atoms with Gasteiger partial charge in [0.15, 0.2) is 11.6 Å². The Kier molecular flexibility index (Phi) is 8.15. The summed E-state index contributed by atoms with van der Waals surface area (Å²) < 4.78 is 26.2. The first-order valence-corrected chi connectivity index (χ1v) is 11.6. The lowest BCUT2D eigenvalue weighted by atomic mass is 9.68.